The minimum atomic E-state index is -0.125. The second-order valence-electron chi connectivity index (χ2n) is 12.6. The predicted octanol–water partition coefficient (Wildman–Crippen LogP) is 9.71. The summed E-state index contributed by atoms with van der Waals surface area (Å²) in [5.41, 5.74) is 17.6. The fraction of sp³-hybridized carbons (Fsp3) is 0.189. The molecule has 5 aromatic carbocycles. The zero-order valence-electron chi connectivity index (χ0n) is 22.8. The van der Waals surface area contributed by atoms with Gasteiger partial charge in [-0.2, -0.15) is 0 Å². The van der Waals surface area contributed by atoms with Gasteiger partial charge in [-0.1, -0.05) is 100 Å². The van der Waals surface area contributed by atoms with Crippen LogP contribution in [0.15, 0.2) is 103 Å². The van der Waals surface area contributed by atoms with Crippen molar-refractivity contribution in [2.45, 2.75) is 44.4 Å². The third-order valence-corrected chi connectivity index (χ3v) is 10.0. The summed E-state index contributed by atoms with van der Waals surface area (Å²) in [7, 11) is 0. The zero-order valence-corrected chi connectivity index (χ0v) is 22.8. The van der Waals surface area contributed by atoms with E-state index in [-0.39, 0.29) is 16.7 Å². The number of nitrogens with zero attached hydrogens (tertiary/aromatic N) is 2. The first-order valence-electron chi connectivity index (χ1n) is 14.1. The van der Waals surface area contributed by atoms with Crippen LogP contribution < -0.4 is 9.80 Å². The standard InChI is InChI=1S/C37H30N2/c1-36(2)24-15-7-11-19-30(24)38-28-17-9-5-13-22(28)32-23-14-6-10-18-29(23)39-31-20-12-8-16-25(31)37(3,4)27-21-26(36)34(38)33(32)35(27)39/h5-21,32H,1-4H3. The Balaban J connectivity index is 1.52. The second-order valence-corrected chi connectivity index (χ2v) is 12.6. The van der Waals surface area contributed by atoms with Gasteiger partial charge < -0.3 is 9.80 Å². The summed E-state index contributed by atoms with van der Waals surface area (Å²) >= 11 is 0. The first-order valence-corrected chi connectivity index (χ1v) is 14.1. The number of fused-ring (bicyclic) bond motifs is 10. The predicted molar refractivity (Wildman–Crippen MR) is 161 cm³/mol. The van der Waals surface area contributed by atoms with Gasteiger partial charge in [-0.15, -0.1) is 0 Å². The van der Waals surface area contributed by atoms with Crippen LogP contribution in [-0.2, 0) is 10.8 Å². The monoisotopic (exact) mass is 502 g/mol. The van der Waals surface area contributed by atoms with Gasteiger partial charge in [-0.25, -0.2) is 0 Å². The summed E-state index contributed by atoms with van der Waals surface area (Å²) in [5.74, 6) is 0.190. The Morgan fingerprint density at radius 3 is 1.31 bits per heavy atom. The topological polar surface area (TPSA) is 6.48 Å². The van der Waals surface area contributed by atoms with Crippen LogP contribution in [0.4, 0.5) is 34.1 Å². The Labute approximate surface area is 230 Å². The molecule has 188 valence electrons. The summed E-state index contributed by atoms with van der Waals surface area (Å²) in [5, 5.41) is 0. The van der Waals surface area contributed by atoms with Gasteiger partial charge in [-0.05, 0) is 63.7 Å². The third-order valence-electron chi connectivity index (χ3n) is 10.0. The van der Waals surface area contributed by atoms with E-state index in [1.54, 1.807) is 0 Å². The van der Waals surface area contributed by atoms with Gasteiger partial charge in [0.2, 0.25) is 0 Å². The van der Waals surface area contributed by atoms with E-state index in [1.807, 2.05) is 0 Å². The highest BCUT2D eigenvalue weighted by Crippen LogP contribution is 2.68. The fourth-order valence-electron chi connectivity index (χ4n) is 8.17. The number of rotatable bonds is 0. The number of anilines is 6. The second kappa shape index (κ2) is 6.82. The van der Waals surface area contributed by atoms with E-state index in [9.17, 15) is 0 Å². The molecule has 0 fully saturated rings. The summed E-state index contributed by atoms with van der Waals surface area (Å²) in [6.07, 6.45) is 0. The van der Waals surface area contributed by atoms with Gasteiger partial charge in [0, 0.05) is 22.3 Å². The number of para-hydroxylation sites is 4. The van der Waals surface area contributed by atoms with Gasteiger partial charge >= 0.3 is 0 Å². The van der Waals surface area contributed by atoms with Gasteiger partial charge in [0.15, 0.2) is 0 Å². The minimum Gasteiger partial charge on any atom is -0.309 e. The molecular formula is C37H30N2. The van der Waals surface area contributed by atoms with Crippen molar-refractivity contribution in [3.8, 4) is 0 Å². The largest absolute Gasteiger partial charge is 0.309 e. The van der Waals surface area contributed by atoms with Crippen LogP contribution in [0.5, 0.6) is 0 Å². The van der Waals surface area contributed by atoms with Gasteiger partial charge in [0.05, 0.1) is 34.1 Å². The molecule has 0 radical (unpaired) electrons. The first-order chi connectivity index (χ1) is 18.9. The van der Waals surface area contributed by atoms with Crippen LogP contribution in [0.2, 0.25) is 0 Å². The SMILES string of the molecule is CC1(C)c2ccccc2N2c3ccccc3C3c4ccccc4N4c5ccccc5C(C)(C)c5cc1c2c3c54. The van der Waals surface area contributed by atoms with Gasteiger partial charge in [0.25, 0.3) is 0 Å². The Bertz CT molecular complexity index is 1760. The molecule has 0 saturated heterocycles. The first kappa shape index (κ1) is 21.6. The lowest BCUT2D eigenvalue weighted by atomic mass is 9.63. The summed E-state index contributed by atoms with van der Waals surface area (Å²) in [6.45, 7) is 9.67. The Morgan fingerprint density at radius 2 is 0.846 bits per heavy atom. The van der Waals surface area contributed by atoms with Crippen molar-refractivity contribution in [1.82, 2.24) is 0 Å². The summed E-state index contributed by atoms with van der Waals surface area (Å²) < 4.78 is 0. The molecule has 39 heavy (non-hydrogen) atoms. The highest BCUT2D eigenvalue weighted by atomic mass is 15.2. The molecule has 0 amide bonds. The zero-order chi connectivity index (χ0) is 26.3. The summed E-state index contributed by atoms with van der Waals surface area (Å²) in [4.78, 5) is 5.16. The highest BCUT2D eigenvalue weighted by Gasteiger charge is 2.51. The molecule has 5 aromatic rings. The number of hydrogen-bond donors (Lipinski definition) is 0. The van der Waals surface area contributed by atoms with Crippen LogP contribution in [-0.4, -0.2) is 0 Å². The number of benzene rings is 5. The fourth-order valence-corrected chi connectivity index (χ4v) is 8.17. The van der Waals surface area contributed by atoms with Gasteiger partial charge in [-0.3, -0.25) is 0 Å². The average Bonchev–Trinajstić information content (AvgIpc) is 2.96. The average molecular weight is 503 g/mol. The van der Waals surface area contributed by atoms with Crippen molar-refractivity contribution < 1.29 is 0 Å². The van der Waals surface area contributed by atoms with Crippen molar-refractivity contribution in [3.63, 3.8) is 0 Å². The van der Waals surface area contributed by atoms with E-state index in [0.717, 1.165) is 0 Å². The quantitative estimate of drug-likeness (QED) is 0.204. The normalized spacial score (nSPS) is 17.9. The Morgan fingerprint density at radius 1 is 0.462 bits per heavy atom. The van der Waals surface area contributed by atoms with Crippen molar-refractivity contribution in [2.75, 3.05) is 9.80 Å². The van der Waals surface area contributed by atoms with Crippen molar-refractivity contribution >= 4 is 34.1 Å². The van der Waals surface area contributed by atoms with E-state index >= 15 is 0 Å². The summed E-state index contributed by atoms with van der Waals surface area (Å²) in [6, 6.07) is 38.9. The molecule has 0 atom stereocenters. The van der Waals surface area contributed by atoms with Crippen LogP contribution in [0.1, 0.15) is 72.6 Å². The van der Waals surface area contributed by atoms with Crippen molar-refractivity contribution in [1.29, 1.82) is 0 Å². The molecule has 2 heteroatoms. The molecule has 0 aromatic heterocycles. The molecule has 4 aliphatic heterocycles. The van der Waals surface area contributed by atoms with Crippen LogP contribution in [0.3, 0.4) is 0 Å². The highest BCUT2D eigenvalue weighted by molar-refractivity contribution is 6.02. The molecular weight excluding hydrogens is 472 g/mol. The van der Waals surface area contributed by atoms with E-state index < -0.39 is 0 Å². The van der Waals surface area contributed by atoms with E-state index in [4.69, 9.17) is 0 Å². The van der Waals surface area contributed by atoms with Crippen molar-refractivity contribution in [3.05, 3.63) is 142 Å². The lowest BCUT2D eigenvalue weighted by Crippen LogP contribution is -2.40. The smallest absolute Gasteiger partial charge is 0.0565 e. The molecule has 4 aliphatic rings. The van der Waals surface area contributed by atoms with Crippen LogP contribution in [0.25, 0.3) is 0 Å². The molecule has 0 unspecified atom stereocenters. The van der Waals surface area contributed by atoms with Crippen LogP contribution in [0, 0.1) is 0 Å². The molecule has 2 nitrogen and oxygen atoms in total. The molecule has 9 rings (SSSR count). The molecule has 0 spiro atoms. The lowest BCUT2D eigenvalue weighted by Gasteiger charge is -2.54. The van der Waals surface area contributed by atoms with E-state index in [2.05, 4.69) is 141 Å². The van der Waals surface area contributed by atoms with Gasteiger partial charge in [0.1, 0.15) is 0 Å². The van der Waals surface area contributed by atoms with E-state index in [0.29, 0.717) is 0 Å². The maximum atomic E-state index is 2.58. The molecule has 0 saturated carbocycles. The Kier molecular flexibility index (Phi) is 3.78. The third kappa shape index (κ3) is 2.36. The van der Waals surface area contributed by atoms with Crippen LogP contribution >= 0.6 is 0 Å². The maximum Gasteiger partial charge on any atom is 0.0565 e. The van der Waals surface area contributed by atoms with Crippen molar-refractivity contribution in [2.24, 2.45) is 0 Å². The minimum absolute atomic E-state index is 0.125. The molecule has 0 N–H and O–H groups in total. The lowest BCUT2D eigenvalue weighted by molar-refractivity contribution is 0.601. The molecule has 4 heterocycles. The molecule has 0 aliphatic carbocycles. The molecule has 0 bridgehead atoms. The Hall–Kier alpha value is -4.30. The van der Waals surface area contributed by atoms with E-state index in [1.165, 1.54) is 73.1 Å². The maximum absolute atomic E-state index is 2.58. The number of hydrogen-bond acceptors (Lipinski definition) is 2.